The van der Waals surface area contributed by atoms with Crippen molar-refractivity contribution in [1.82, 2.24) is 10.4 Å². The molecule has 2 aromatic carbocycles. The molecule has 2 aliphatic heterocycles. The number of aliphatic imine (C=N–C) groups is 1. The lowest BCUT2D eigenvalue weighted by Gasteiger charge is -2.24. The second kappa shape index (κ2) is 8.55. The van der Waals surface area contributed by atoms with Crippen LogP contribution in [0, 0.1) is 17.2 Å². The monoisotopic (exact) mass is 432 g/mol. The van der Waals surface area contributed by atoms with Crippen LogP contribution in [0.3, 0.4) is 0 Å². The number of aliphatic hydroxyl groups excluding tert-OH is 1. The van der Waals surface area contributed by atoms with Crippen LogP contribution in [0.5, 0.6) is 5.75 Å². The van der Waals surface area contributed by atoms with Gasteiger partial charge < -0.3 is 9.84 Å². The molecule has 1 saturated heterocycles. The maximum absolute atomic E-state index is 9.53. The second-order valence-corrected chi connectivity index (χ2v) is 8.91. The normalized spacial score (nSPS) is 24.1. The summed E-state index contributed by atoms with van der Waals surface area (Å²) in [5, 5.41) is 19.0. The van der Waals surface area contributed by atoms with E-state index in [0.29, 0.717) is 29.8 Å². The van der Waals surface area contributed by atoms with Crippen LogP contribution < -0.4 is 10.2 Å². The molecule has 0 radical (unpaired) electrons. The first-order chi connectivity index (χ1) is 15.6. The Morgan fingerprint density at radius 1 is 1.34 bits per heavy atom. The van der Waals surface area contributed by atoms with E-state index in [1.807, 2.05) is 26.0 Å². The zero-order valence-corrected chi connectivity index (χ0v) is 18.4. The molecule has 32 heavy (non-hydrogen) atoms. The van der Waals surface area contributed by atoms with E-state index in [9.17, 15) is 10.4 Å². The molecule has 1 aliphatic carbocycles. The molecule has 2 N–H and O–H groups in total. The van der Waals surface area contributed by atoms with Crippen LogP contribution in [0.2, 0.25) is 0 Å². The van der Waals surface area contributed by atoms with Gasteiger partial charge in [-0.2, -0.15) is 5.26 Å². The summed E-state index contributed by atoms with van der Waals surface area (Å²) in [6, 6.07) is 14.4. The molecule has 7 nitrogen and oxygen atoms in total. The molecule has 2 aromatic rings. The molecule has 3 unspecified atom stereocenters. The molecule has 3 atom stereocenters. The van der Waals surface area contributed by atoms with Crippen molar-refractivity contribution in [2.75, 3.05) is 19.7 Å². The summed E-state index contributed by atoms with van der Waals surface area (Å²) in [5.41, 5.74) is 8.03. The molecule has 0 aromatic heterocycles. The fourth-order valence-corrected chi connectivity index (χ4v) is 5.26. The molecule has 7 heteroatoms. The number of benzene rings is 2. The third-order valence-corrected chi connectivity index (χ3v) is 6.55. The SMILES string of the molecule is CC(C)Oc1ccc(C2N=C(c3cccc4c3CC3CCN(CCO)C43)NO2)cc1C#N. The van der Waals surface area contributed by atoms with E-state index in [1.54, 1.807) is 6.07 Å². The summed E-state index contributed by atoms with van der Waals surface area (Å²) >= 11 is 0. The van der Waals surface area contributed by atoms with Gasteiger partial charge in [-0.3, -0.25) is 4.90 Å². The predicted molar refractivity (Wildman–Crippen MR) is 120 cm³/mol. The number of fused-ring (bicyclic) bond motifs is 3. The molecular formula is C25H28N4O3. The number of hydroxylamine groups is 1. The highest BCUT2D eigenvalue weighted by Gasteiger charge is 2.42. The lowest BCUT2D eigenvalue weighted by Crippen LogP contribution is -2.27. The topological polar surface area (TPSA) is 90.1 Å². The van der Waals surface area contributed by atoms with Gasteiger partial charge in [0.2, 0.25) is 6.23 Å². The van der Waals surface area contributed by atoms with Gasteiger partial charge in [0, 0.05) is 23.7 Å². The summed E-state index contributed by atoms with van der Waals surface area (Å²) in [5.74, 6) is 1.88. The van der Waals surface area contributed by atoms with Gasteiger partial charge in [-0.15, -0.1) is 0 Å². The van der Waals surface area contributed by atoms with Crippen LogP contribution in [0.15, 0.2) is 41.4 Å². The second-order valence-electron chi connectivity index (χ2n) is 8.91. The van der Waals surface area contributed by atoms with Crippen LogP contribution in [0.25, 0.3) is 0 Å². The van der Waals surface area contributed by atoms with Gasteiger partial charge in [0.1, 0.15) is 11.8 Å². The molecule has 166 valence electrons. The number of rotatable bonds is 6. The van der Waals surface area contributed by atoms with Crippen molar-refractivity contribution in [3.8, 4) is 11.8 Å². The summed E-state index contributed by atoms with van der Waals surface area (Å²) in [4.78, 5) is 13.0. The van der Waals surface area contributed by atoms with E-state index >= 15 is 0 Å². The van der Waals surface area contributed by atoms with Crippen molar-refractivity contribution in [2.24, 2.45) is 10.9 Å². The summed E-state index contributed by atoms with van der Waals surface area (Å²) in [6.45, 7) is 5.82. The number of nitrogens with one attached hydrogen (secondary N) is 1. The minimum Gasteiger partial charge on any atom is -0.490 e. The maximum Gasteiger partial charge on any atom is 0.202 e. The Labute approximate surface area is 188 Å². The van der Waals surface area contributed by atoms with E-state index in [4.69, 9.17) is 14.6 Å². The fraction of sp³-hybridized carbons (Fsp3) is 0.440. The number of aliphatic hydroxyl groups is 1. The average Bonchev–Trinajstić information content (AvgIpc) is 3.50. The number of likely N-dealkylation sites (tertiary alicyclic amines) is 1. The number of hydrogen-bond donors (Lipinski definition) is 2. The van der Waals surface area contributed by atoms with Crippen molar-refractivity contribution in [3.63, 3.8) is 0 Å². The molecular weight excluding hydrogens is 404 g/mol. The standard InChI is InChI=1S/C25H28N4O3/c1-15(2)31-22-7-6-17(12-18(22)14-26)25-27-24(28-32-25)20-5-3-4-19-21(20)13-16-8-9-29(10-11-30)23(16)19/h3-7,12,15-16,23,25,30H,8-11,13H2,1-2H3,(H,27,28). The Balaban J connectivity index is 1.42. The number of nitriles is 1. The molecule has 5 rings (SSSR count). The van der Waals surface area contributed by atoms with Crippen LogP contribution in [-0.4, -0.2) is 41.6 Å². The average molecular weight is 433 g/mol. The first-order valence-corrected chi connectivity index (χ1v) is 11.3. The highest BCUT2D eigenvalue weighted by molar-refractivity contribution is 6.00. The number of β-amino-alcohol motifs (C(OH)–C–C–N with tert-alkyl or cyclic N) is 1. The Hall–Kier alpha value is -2.92. The minimum atomic E-state index is -0.521. The lowest BCUT2D eigenvalue weighted by molar-refractivity contribution is 0.0376. The van der Waals surface area contributed by atoms with Gasteiger partial charge in [0.25, 0.3) is 0 Å². The Kier molecular flexibility index (Phi) is 5.60. The lowest BCUT2D eigenvalue weighted by atomic mass is 10.0. The number of amidine groups is 1. The third kappa shape index (κ3) is 3.65. The fourth-order valence-electron chi connectivity index (χ4n) is 5.26. The van der Waals surface area contributed by atoms with E-state index in [2.05, 4.69) is 34.6 Å². The quantitative estimate of drug-likeness (QED) is 0.728. The number of nitrogens with zero attached hydrogens (tertiary/aromatic N) is 3. The maximum atomic E-state index is 9.53. The van der Waals surface area contributed by atoms with Crippen molar-refractivity contribution in [1.29, 1.82) is 5.26 Å². The highest BCUT2D eigenvalue weighted by atomic mass is 16.7. The van der Waals surface area contributed by atoms with Crippen molar-refractivity contribution >= 4 is 5.84 Å². The highest BCUT2D eigenvalue weighted by Crippen LogP contribution is 2.47. The third-order valence-electron chi connectivity index (χ3n) is 6.55. The van der Waals surface area contributed by atoms with E-state index in [1.165, 1.54) is 11.1 Å². The minimum absolute atomic E-state index is 0.00468. The van der Waals surface area contributed by atoms with Gasteiger partial charge in [0.15, 0.2) is 5.84 Å². The van der Waals surface area contributed by atoms with Crippen LogP contribution in [-0.2, 0) is 11.3 Å². The number of ether oxygens (including phenoxy) is 1. The van der Waals surface area contributed by atoms with Gasteiger partial charge in [-0.25, -0.2) is 15.3 Å². The van der Waals surface area contributed by atoms with E-state index in [-0.39, 0.29) is 12.7 Å². The molecule has 0 spiro atoms. The predicted octanol–water partition coefficient (Wildman–Crippen LogP) is 3.24. The number of hydrogen-bond acceptors (Lipinski definition) is 7. The van der Waals surface area contributed by atoms with Gasteiger partial charge in [0.05, 0.1) is 18.3 Å². The summed E-state index contributed by atoms with van der Waals surface area (Å²) < 4.78 is 5.72. The van der Waals surface area contributed by atoms with E-state index < -0.39 is 6.23 Å². The summed E-state index contributed by atoms with van der Waals surface area (Å²) in [7, 11) is 0. The molecule has 1 fully saturated rings. The van der Waals surface area contributed by atoms with Gasteiger partial charge in [-0.1, -0.05) is 24.3 Å². The van der Waals surface area contributed by atoms with Gasteiger partial charge in [-0.05, 0) is 62.4 Å². The molecule has 0 amide bonds. The van der Waals surface area contributed by atoms with Crippen LogP contribution in [0.4, 0.5) is 0 Å². The van der Waals surface area contributed by atoms with Crippen molar-refractivity contribution in [3.05, 3.63) is 64.2 Å². The zero-order chi connectivity index (χ0) is 22.2. The van der Waals surface area contributed by atoms with E-state index in [0.717, 1.165) is 36.3 Å². The van der Waals surface area contributed by atoms with Crippen molar-refractivity contribution < 1.29 is 14.7 Å². The first kappa shape index (κ1) is 21.0. The molecule has 0 saturated carbocycles. The Morgan fingerprint density at radius 3 is 3.00 bits per heavy atom. The van der Waals surface area contributed by atoms with Crippen molar-refractivity contribution in [2.45, 2.75) is 45.1 Å². The van der Waals surface area contributed by atoms with Gasteiger partial charge >= 0.3 is 0 Å². The Morgan fingerprint density at radius 2 is 2.22 bits per heavy atom. The largest absolute Gasteiger partial charge is 0.490 e. The smallest absolute Gasteiger partial charge is 0.202 e. The summed E-state index contributed by atoms with van der Waals surface area (Å²) in [6.07, 6.45) is 1.64. The molecule has 3 aliphatic rings. The Bertz CT molecular complexity index is 1090. The first-order valence-electron chi connectivity index (χ1n) is 11.3. The molecule has 2 heterocycles. The zero-order valence-electron chi connectivity index (χ0n) is 18.4. The van der Waals surface area contributed by atoms with Crippen LogP contribution >= 0.6 is 0 Å². The van der Waals surface area contributed by atoms with Crippen LogP contribution in [0.1, 0.15) is 60.4 Å². The molecule has 0 bridgehead atoms.